The molecule has 64 valence electrons. The first-order valence-electron chi connectivity index (χ1n) is 3.40. The van der Waals surface area contributed by atoms with E-state index in [0.29, 0.717) is 5.02 Å². The van der Waals surface area contributed by atoms with Crippen LogP contribution in [0.4, 0.5) is 5.69 Å². The zero-order valence-electron chi connectivity index (χ0n) is 6.25. The highest BCUT2D eigenvalue weighted by Crippen LogP contribution is 2.12. The molecule has 0 fully saturated rings. The van der Waals surface area contributed by atoms with Gasteiger partial charge in [0.15, 0.2) is 0 Å². The summed E-state index contributed by atoms with van der Waals surface area (Å²) in [7, 11) is 0. The lowest BCUT2D eigenvalue weighted by atomic mass is 10.3. The highest BCUT2D eigenvalue weighted by atomic mass is 35.5. The van der Waals surface area contributed by atoms with Gasteiger partial charge in [0.05, 0.1) is 0 Å². The lowest BCUT2D eigenvalue weighted by Gasteiger charge is -2.01. The van der Waals surface area contributed by atoms with Gasteiger partial charge in [-0.2, -0.15) is 0 Å². The van der Waals surface area contributed by atoms with Gasteiger partial charge in [-0.3, -0.25) is 4.79 Å². The first-order chi connectivity index (χ1) is 5.68. The zero-order valence-corrected chi connectivity index (χ0v) is 7.01. The van der Waals surface area contributed by atoms with Crippen LogP contribution in [0.25, 0.3) is 0 Å². The van der Waals surface area contributed by atoms with Crippen LogP contribution < -0.4 is 5.32 Å². The Morgan fingerprint density at radius 3 is 2.50 bits per heavy atom. The van der Waals surface area contributed by atoms with Crippen LogP contribution in [0.1, 0.15) is 0 Å². The Labute approximate surface area is 75.0 Å². The average Bonchev–Trinajstić information content (AvgIpc) is 2.03. The molecule has 2 N–H and O–H groups in total. The van der Waals surface area contributed by atoms with E-state index < -0.39 is 5.97 Å². The van der Waals surface area contributed by atoms with Crippen molar-refractivity contribution in [2.24, 2.45) is 0 Å². The summed E-state index contributed by atoms with van der Waals surface area (Å²) in [5.41, 5.74) is 0.752. The van der Waals surface area contributed by atoms with Crippen molar-refractivity contribution in [1.82, 2.24) is 0 Å². The summed E-state index contributed by atoms with van der Waals surface area (Å²) in [6, 6.07) is 6.86. The van der Waals surface area contributed by atoms with Crippen molar-refractivity contribution in [3.63, 3.8) is 0 Å². The van der Waals surface area contributed by atoms with Crippen molar-refractivity contribution < 1.29 is 9.90 Å². The number of carbonyl (C=O) groups is 1. The summed E-state index contributed by atoms with van der Waals surface area (Å²) in [6.07, 6.45) is 0. The van der Waals surface area contributed by atoms with Gasteiger partial charge in [0.2, 0.25) is 0 Å². The Bertz CT molecular complexity index is 271. The van der Waals surface area contributed by atoms with E-state index in [1.165, 1.54) is 0 Å². The second-order valence-electron chi connectivity index (χ2n) is 2.25. The third-order valence-electron chi connectivity index (χ3n) is 1.29. The van der Waals surface area contributed by atoms with Gasteiger partial charge in [0.1, 0.15) is 6.54 Å². The van der Waals surface area contributed by atoms with Crippen molar-refractivity contribution in [3.05, 3.63) is 29.3 Å². The minimum absolute atomic E-state index is 0.0817. The van der Waals surface area contributed by atoms with Crippen LogP contribution in [0, 0.1) is 0 Å². The lowest BCUT2D eigenvalue weighted by Crippen LogP contribution is -2.11. The Morgan fingerprint density at radius 1 is 1.42 bits per heavy atom. The predicted molar refractivity (Wildman–Crippen MR) is 47.6 cm³/mol. The fourth-order valence-electron chi connectivity index (χ4n) is 0.745. The summed E-state index contributed by atoms with van der Waals surface area (Å²) < 4.78 is 0. The second-order valence-corrected chi connectivity index (χ2v) is 2.69. The molecule has 0 saturated heterocycles. The summed E-state index contributed by atoms with van der Waals surface area (Å²) in [4.78, 5) is 10.2. The molecule has 4 heteroatoms. The molecule has 3 nitrogen and oxygen atoms in total. The van der Waals surface area contributed by atoms with Crippen molar-refractivity contribution in [1.29, 1.82) is 0 Å². The van der Waals surface area contributed by atoms with Crippen LogP contribution in [0.5, 0.6) is 0 Å². The first-order valence-corrected chi connectivity index (χ1v) is 3.77. The van der Waals surface area contributed by atoms with E-state index >= 15 is 0 Å². The predicted octanol–water partition coefficient (Wildman–Crippen LogP) is 1.84. The van der Waals surface area contributed by atoms with Gasteiger partial charge in [-0.05, 0) is 24.3 Å². The molecule has 1 aromatic rings. The number of nitrogens with one attached hydrogen (secondary N) is 1. The van der Waals surface area contributed by atoms with Gasteiger partial charge in [0, 0.05) is 10.7 Å². The normalized spacial score (nSPS) is 9.42. The van der Waals surface area contributed by atoms with E-state index in [9.17, 15) is 4.79 Å². The smallest absolute Gasteiger partial charge is 0.322 e. The molecule has 0 amide bonds. The van der Waals surface area contributed by atoms with Crippen LogP contribution in [-0.4, -0.2) is 17.6 Å². The number of carboxylic acid groups (broad SMARTS) is 1. The summed E-state index contributed by atoms with van der Waals surface area (Å²) in [6.45, 7) is -0.0817. The topological polar surface area (TPSA) is 49.3 Å². The van der Waals surface area contributed by atoms with E-state index in [4.69, 9.17) is 16.7 Å². The molecule has 0 bridgehead atoms. The van der Waals surface area contributed by atoms with E-state index in [1.807, 2.05) is 0 Å². The SMILES string of the molecule is O=C(O)CNc1ccc(Cl)cc1. The maximum absolute atomic E-state index is 10.2. The Morgan fingerprint density at radius 2 is 2.00 bits per heavy atom. The number of hydrogen-bond acceptors (Lipinski definition) is 2. The second kappa shape index (κ2) is 3.97. The fourth-order valence-corrected chi connectivity index (χ4v) is 0.871. The summed E-state index contributed by atoms with van der Waals surface area (Å²) >= 11 is 5.63. The number of hydrogen-bond donors (Lipinski definition) is 2. The van der Waals surface area contributed by atoms with Crippen molar-refractivity contribution in [3.8, 4) is 0 Å². The van der Waals surface area contributed by atoms with E-state index in [2.05, 4.69) is 5.32 Å². The van der Waals surface area contributed by atoms with Crippen LogP contribution in [0.3, 0.4) is 0 Å². The number of benzene rings is 1. The van der Waals surface area contributed by atoms with Gasteiger partial charge in [-0.25, -0.2) is 0 Å². The van der Waals surface area contributed by atoms with Gasteiger partial charge in [-0.15, -0.1) is 0 Å². The quantitative estimate of drug-likeness (QED) is 0.756. The third kappa shape index (κ3) is 2.80. The number of carboxylic acids is 1. The average molecular weight is 186 g/mol. The number of aliphatic carboxylic acids is 1. The van der Waals surface area contributed by atoms with Gasteiger partial charge >= 0.3 is 5.97 Å². The number of halogens is 1. The van der Waals surface area contributed by atoms with Crippen LogP contribution >= 0.6 is 11.6 Å². The minimum Gasteiger partial charge on any atom is -0.480 e. The molecule has 0 aliphatic heterocycles. The molecule has 0 aromatic heterocycles. The molecule has 0 heterocycles. The third-order valence-corrected chi connectivity index (χ3v) is 1.54. The highest BCUT2D eigenvalue weighted by molar-refractivity contribution is 6.30. The maximum Gasteiger partial charge on any atom is 0.322 e. The van der Waals surface area contributed by atoms with Crippen LogP contribution in [0.15, 0.2) is 24.3 Å². The molecule has 0 aliphatic rings. The molecule has 0 radical (unpaired) electrons. The molecule has 12 heavy (non-hydrogen) atoms. The molecular weight excluding hydrogens is 178 g/mol. The zero-order chi connectivity index (χ0) is 8.97. The molecule has 0 aliphatic carbocycles. The molecule has 1 aromatic carbocycles. The van der Waals surface area contributed by atoms with E-state index in [1.54, 1.807) is 24.3 Å². The van der Waals surface area contributed by atoms with Crippen molar-refractivity contribution in [2.75, 3.05) is 11.9 Å². The Hall–Kier alpha value is -1.22. The molecule has 0 atom stereocenters. The monoisotopic (exact) mass is 185 g/mol. The standard InChI is InChI=1S/C8H8ClNO2/c9-6-1-3-7(4-2-6)10-5-8(11)12/h1-4,10H,5H2,(H,11,12). The van der Waals surface area contributed by atoms with Gasteiger partial charge in [-0.1, -0.05) is 11.6 Å². The fraction of sp³-hybridized carbons (Fsp3) is 0.125. The van der Waals surface area contributed by atoms with Crippen LogP contribution in [-0.2, 0) is 4.79 Å². The molecule has 1 rings (SSSR count). The number of anilines is 1. The van der Waals surface area contributed by atoms with E-state index in [0.717, 1.165) is 5.69 Å². The van der Waals surface area contributed by atoms with Crippen LogP contribution in [0.2, 0.25) is 5.02 Å². The highest BCUT2D eigenvalue weighted by Gasteiger charge is 1.95. The molecule has 0 spiro atoms. The van der Waals surface area contributed by atoms with Crippen molar-refractivity contribution in [2.45, 2.75) is 0 Å². The van der Waals surface area contributed by atoms with Gasteiger partial charge < -0.3 is 10.4 Å². The molecular formula is C8H8ClNO2. The minimum atomic E-state index is -0.884. The molecule has 0 unspecified atom stereocenters. The Kier molecular flexibility index (Phi) is 2.94. The van der Waals surface area contributed by atoms with Gasteiger partial charge in [0.25, 0.3) is 0 Å². The number of rotatable bonds is 3. The maximum atomic E-state index is 10.2. The summed E-state index contributed by atoms with van der Waals surface area (Å²) in [5.74, 6) is -0.884. The summed E-state index contributed by atoms with van der Waals surface area (Å²) in [5, 5.41) is 11.7. The molecule has 0 saturated carbocycles. The first kappa shape index (κ1) is 8.87. The largest absolute Gasteiger partial charge is 0.480 e. The van der Waals surface area contributed by atoms with E-state index in [-0.39, 0.29) is 6.54 Å². The Balaban J connectivity index is 2.53. The lowest BCUT2D eigenvalue weighted by molar-refractivity contribution is -0.134. The van der Waals surface area contributed by atoms with Crippen molar-refractivity contribution >= 4 is 23.3 Å².